The summed E-state index contributed by atoms with van der Waals surface area (Å²) in [5.74, 6) is -0.0866. The molecule has 1 aliphatic heterocycles. The first-order chi connectivity index (χ1) is 13.5. The quantitative estimate of drug-likeness (QED) is 0.574. The second-order valence-electron chi connectivity index (χ2n) is 7.84. The number of hydrogen-bond donors (Lipinski definition) is 2. The molecule has 2 aliphatic rings. The summed E-state index contributed by atoms with van der Waals surface area (Å²) in [4.78, 5) is 25.5. The van der Waals surface area contributed by atoms with Crippen molar-refractivity contribution in [1.82, 2.24) is 5.32 Å². The predicted molar refractivity (Wildman–Crippen MR) is 112 cm³/mol. The maximum atomic E-state index is 12.9. The normalized spacial score (nSPS) is 27.7. The molecule has 28 heavy (non-hydrogen) atoms. The molecule has 0 spiro atoms. The Balaban J connectivity index is 1.98. The highest BCUT2D eigenvalue weighted by atomic mass is 35.5. The van der Waals surface area contributed by atoms with Crippen molar-refractivity contribution in [3.05, 3.63) is 63.6 Å². The van der Waals surface area contributed by atoms with E-state index in [9.17, 15) is 9.59 Å². The first-order valence-electron chi connectivity index (χ1n) is 9.49. The minimum absolute atomic E-state index is 0.0380. The van der Waals surface area contributed by atoms with Crippen LogP contribution in [0, 0.1) is 11.8 Å². The maximum absolute atomic E-state index is 12.9. The summed E-state index contributed by atoms with van der Waals surface area (Å²) in [5, 5.41) is 4.12. The van der Waals surface area contributed by atoms with Gasteiger partial charge in [0.2, 0.25) is 5.91 Å². The number of aldehydes is 1. The zero-order valence-electron chi connectivity index (χ0n) is 15.3. The van der Waals surface area contributed by atoms with E-state index in [2.05, 4.69) is 5.32 Å². The molecule has 0 radical (unpaired) electrons. The monoisotopic (exact) mass is 416 g/mol. The molecule has 6 heteroatoms. The Morgan fingerprint density at radius 3 is 2.50 bits per heavy atom. The molecule has 1 amide bonds. The van der Waals surface area contributed by atoms with E-state index in [1.807, 2.05) is 24.3 Å². The van der Waals surface area contributed by atoms with E-state index in [0.717, 1.165) is 30.3 Å². The van der Waals surface area contributed by atoms with Crippen molar-refractivity contribution in [2.24, 2.45) is 11.8 Å². The Labute approximate surface area is 174 Å². The smallest absolute Gasteiger partial charge is 0.220 e. The van der Waals surface area contributed by atoms with Gasteiger partial charge in [-0.3, -0.25) is 4.79 Å². The van der Waals surface area contributed by atoms with E-state index < -0.39 is 5.41 Å². The van der Waals surface area contributed by atoms with Gasteiger partial charge in [-0.15, -0.1) is 0 Å². The number of carbonyl (C=O) groups is 2. The lowest BCUT2D eigenvalue weighted by molar-refractivity contribution is -0.121. The van der Waals surface area contributed by atoms with Gasteiger partial charge in [-0.25, -0.2) is 0 Å². The van der Waals surface area contributed by atoms with Gasteiger partial charge in [0.25, 0.3) is 0 Å². The molecule has 3 atom stereocenters. The lowest BCUT2D eigenvalue weighted by Crippen LogP contribution is -2.46. The Morgan fingerprint density at radius 1 is 1.11 bits per heavy atom. The third-order valence-electron chi connectivity index (χ3n) is 6.22. The molecular weight excluding hydrogens is 395 g/mol. The zero-order chi connectivity index (χ0) is 19.9. The van der Waals surface area contributed by atoms with Crippen molar-refractivity contribution in [3.63, 3.8) is 0 Å². The molecule has 3 N–H and O–H groups in total. The molecule has 1 heterocycles. The van der Waals surface area contributed by atoms with E-state index in [4.69, 9.17) is 28.9 Å². The molecule has 1 saturated carbocycles. The third-order valence-corrected chi connectivity index (χ3v) is 6.69. The van der Waals surface area contributed by atoms with Gasteiger partial charge in [-0.2, -0.15) is 0 Å². The molecule has 0 unspecified atom stereocenters. The number of rotatable bonds is 4. The number of nitrogen functional groups attached to an aromatic ring is 1. The van der Waals surface area contributed by atoms with Gasteiger partial charge in [-0.1, -0.05) is 41.4 Å². The van der Waals surface area contributed by atoms with Gasteiger partial charge in [-0.05, 0) is 60.1 Å². The van der Waals surface area contributed by atoms with Crippen LogP contribution in [0.4, 0.5) is 5.69 Å². The van der Waals surface area contributed by atoms with Crippen LogP contribution >= 0.6 is 23.2 Å². The SMILES string of the molecule is Nc1cc(Cl)ccc1[C@]1(C=O)[C@H](c2cccc(Cl)c2)CC(=O)NC[C@H]1C1CC1. The Kier molecular flexibility index (Phi) is 5.11. The minimum atomic E-state index is -0.931. The molecular formula is C22H22Cl2N2O2. The van der Waals surface area contributed by atoms with Crippen molar-refractivity contribution < 1.29 is 9.59 Å². The van der Waals surface area contributed by atoms with Crippen LogP contribution in [0.25, 0.3) is 0 Å². The molecule has 2 fully saturated rings. The zero-order valence-corrected chi connectivity index (χ0v) is 16.8. The number of nitrogens with one attached hydrogen (secondary N) is 1. The molecule has 146 valence electrons. The summed E-state index contributed by atoms with van der Waals surface area (Å²) >= 11 is 12.4. The average molecular weight is 417 g/mol. The van der Waals surface area contributed by atoms with Crippen molar-refractivity contribution in [1.29, 1.82) is 0 Å². The lowest BCUT2D eigenvalue weighted by Gasteiger charge is -2.42. The molecule has 0 aromatic heterocycles. The summed E-state index contributed by atoms with van der Waals surface area (Å²) in [5.41, 5.74) is 7.54. The van der Waals surface area contributed by atoms with Crippen LogP contribution in [0.2, 0.25) is 10.0 Å². The number of anilines is 1. The van der Waals surface area contributed by atoms with Gasteiger partial charge in [0, 0.05) is 34.6 Å². The highest BCUT2D eigenvalue weighted by Crippen LogP contribution is 2.55. The molecule has 2 aromatic carbocycles. The Bertz CT molecular complexity index is 929. The molecule has 2 aromatic rings. The fourth-order valence-corrected chi connectivity index (χ4v) is 5.18. The van der Waals surface area contributed by atoms with Gasteiger partial charge >= 0.3 is 0 Å². The Hall–Kier alpha value is -2.04. The summed E-state index contributed by atoms with van der Waals surface area (Å²) in [6.07, 6.45) is 3.31. The number of carbonyl (C=O) groups excluding carboxylic acids is 2. The van der Waals surface area contributed by atoms with Gasteiger partial charge < -0.3 is 15.8 Å². The maximum Gasteiger partial charge on any atom is 0.220 e. The fraction of sp³-hybridized carbons (Fsp3) is 0.364. The second kappa shape index (κ2) is 7.41. The number of amides is 1. The van der Waals surface area contributed by atoms with Crippen molar-refractivity contribution in [2.45, 2.75) is 30.6 Å². The predicted octanol–water partition coefficient (Wildman–Crippen LogP) is 4.34. The molecule has 1 aliphatic carbocycles. The van der Waals surface area contributed by atoms with Crippen LogP contribution in [0.1, 0.15) is 36.3 Å². The fourth-order valence-electron chi connectivity index (χ4n) is 4.80. The summed E-state index contributed by atoms with van der Waals surface area (Å²) in [6.45, 7) is 0.460. The highest BCUT2D eigenvalue weighted by Gasteiger charge is 2.55. The second-order valence-corrected chi connectivity index (χ2v) is 8.72. The van der Waals surface area contributed by atoms with Crippen LogP contribution in [0.15, 0.2) is 42.5 Å². The van der Waals surface area contributed by atoms with Crippen LogP contribution in [0.5, 0.6) is 0 Å². The number of halogens is 2. The van der Waals surface area contributed by atoms with Crippen LogP contribution in [-0.4, -0.2) is 18.7 Å². The first-order valence-corrected chi connectivity index (χ1v) is 10.2. The van der Waals surface area contributed by atoms with E-state index >= 15 is 0 Å². The van der Waals surface area contributed by atoms with Crippen LogP contribution in [0.3, 0.4) is 0 Å². The Morgan fingerprint density at radius 2 is 1.86 bits per heavy atom. The standard InChI is InChI=1S/C22H22Cl2N2O2/c23-15-3-1-2-14(8-15)18-10-21(28)26-11-19(13-4-5-13)22(18,12-27)17-7-6-16(24)9-20(17)25/h1-3,6-9,12-13,18-19H,4-5,10-11,25H2,(H,26,28)/t18-,19-,22+/m0/s1. The highest BCUT2D eigenvalue weighted by molar-refractivity contribution is 6.31. The topological polar surface area (TPSA) is 72.2 Å². The van der Waals surface area contributed by atoms with Crippen molar-refractivity contribution in [2.75, 3.05) is 12.3 Å². The summed E-state index contributed by atoms with van der Waals surface area (Å²) < 4.78 is 0. The number of nitrogens with two attached hydrogens (primary N) is 1. The van der Waals surface area contributed by atoms with Gasteiger partial charge in [0.1, 0.15) is 6.29 Å². The number of hydrogen-bond acceptors (Lipinski definition) is 3. The largest absolute Gasteiger partial charge is 0.398 e. The van der Waals surface area contributed by atoms with Crippen LogP contribution < -0.4 is 11.1 Å². The van der Waals surface area contributed by atoms with Crippen molar-refractivity contribution >= 4 is 41.1 Å². The van der Waals surface area contributed by atoms with Crippen LogP contribution in [-0.2, 0) is 15.0 Å². The molecule has 4 nitrogen and oxygen atoms in total. The molecule has 0 bridgehead atoms. The average Bonchev–Trinajstić information content (AvgIpc) is 3.49. The third kappa shape index (κ3) is 3.29. The lowest BCUT2D eigenvalue weighted by atomic mass is 9.59. The molecule has 1 saturated heterocycles. The molecule has 4 rings (SSSR count). The van der Waals surface area contributed by atoms with Gasteiger partial charge in [0.15, 0.2) is 0 Å². The summed E-state index contributed by atoms with van der Waals surface area (Å²) in [6, 6.07) is 12.7. The first kappa shape index (κ1) is 19.3. The number of benzene rings is 2. The van der Waals surface area contributed by atoms with Crippen molar-refractivity contribution in [3.8, 4) is 0 Å². The van der Waals surface area contributed by atoms with E-state index in [1.54, 1.807) is 18.2 Å². The summed E-state index contributed by atoms with van der Waals surface area (Å²) in [7, 11) is 0. The van der Waals surface area contributed by atoms with E-state index in [0.29, 0.717) is 28.2 Å². The minimum Gasteiger partial charge on any atom is -0.398 e. The van der Waals surface area contributed by atoms with E-state index in [1.165, 1.54) is 0 Å². The van der Waals surface area contributed by atoms with Gasteiger partial charge in [0.05, 0.1) is 5.41 Å². The van der Waals surface area contributed by atoms with E-state index in [-0.39, 0.29) is 24.2 Å².